The number of hydrogen-bond donors (Lipinski definition) is 1. The average Bonchev–Trinajstić information content (AvgIpc) is 2.23. The molecule has 1 heterocycles. The third-order valence-corrected chi connectivity index (χ3v) is 3.20. The van der Waals surface area contributed by atoms with Gasteiger partial charge in [0, 0.05) is 19.2 Å². The normalized spacial score (nSPS) is 15.9. The Morgan fingerprint density at radius 1 is 1.56 bits per heavy atom. The summed E-state index contributed by atoms with van der Waals surface area (Å²) in [6, 6.07) is 1.35. The summed E-state index contributed by atoms with van der Waals surface area (Å²) in [5.41, 5.74) is 0.557. The maximum Gasteiger partial charge on any atom is 0.142 e. The van der Waals surface area contributed by atoms with Crippen molar-refractivity contribution in [1.29, 1.82) is 0 Å². The molecule has 3 nitrogen and oxygen atoms in total. The molecule has 1 N–H and O–H groups in total. The number of aliphatic hydroxyl groups excluding tert-OH is 1. The van der Waals surface area contributed by atoms with Crippen LogP contribution < -0.4 is 4.90 Å². The van der Waals surface area contributed by atoms with Gasteiger partial charge in [0.15, 0.2) is 0 Å². The second kappa shape index (κ2) is 4.78. The molecule has 0 aromatic carbocycles. The van der Waals surface area contributed by atoms with Crippen LogP contribution in [0, 0.1) is 11.7 Å². The smallest absolute Gasteiger partial charge is 0.142 e. The van der Waals surface area contributed by atoms with Gasteiger partial charge in [-0.15, -0.1) is 0 Å². The van der Waals surface area contributed by atoms with Gasteiger partial charge in [-0.05, 0) is 24.8 Å². The van der Waals surface area contributed by atoms with Crippen molar-refractivity contribution in [2.24, 2.45) is 5.92 Å². The van der Waals surface area contributed by atoms with Crippen LogP contribution in [0.2, 0.25) is 0 Å². The molecule has 0 amide bonds. The van der Waals surface area contributed by atoms with Crippen LogP contribution in [0.1, 0.15) is 24.8 Å². The van der Waals surface area contributed by atoms with E-state index in [1.165, 1.54) is 31.5 Å². The van der Waals surface area contributed by atoms with Crippen molar-refractivity contribution in [3.05, 3.63) is 23.6 Å². The lowest BCUT2D eigenvalue weighted by Crippen LogP contribution is -2.30. The Bertz CT molecular complexity index is 366. The third-order valence-electron chi connectivity index (χ3n) is 3.20. The fourth-order valence-electron chi connectivity index (χ4n) is 2.08. The number of halogens is 1. The molecule has 1 fully saturated rings. The monoisotopic (exact) mass is 224 g/mol. The summed E-state index contributed by atoms with van der Waals surface area (Å²) >= 11 is 0. The number of rotatable bonds is 4. The zero-order valence-corrected chi connectivity index (χ0v) is 9.49. The van der Waals surface area contributed by atoms with E-state index in [4.69, 9.17) is 5.11 Å². The second-order valence-corrected chi connectivity index (χ2v) is 4.47. The van der Waals surface area contributed by atoms with Crippen molar-refractivity contribution < 1.29 is 9.50 Å². The van der Waals surface area contributed by atoms with E-state index in [0.29, 0.717) is 11.4 Å². The highest BCUT2D eigenvalue weighted by Gasteiger charge is 2.20. The van der Waals surface area contributed by atoms with Crippen LogP contribution in [0.25, 0.3) is 0 Å². The fourth-order valence-corrected chi connectivity index (χ4v) is 2.08. The summed E-state index contributed by atoms with van der Waals surface area (Å²) in [7, 11) is 1.94. The van der Waals surface area contributed by atoms with E-state index in [1.807, 2.05) is 11.9 Å². The Balaban J connectivity index is 2.11. The molecule has 0 atom stereocenters. The van der Waals surface area contributed by atoms with E-state index >= 15 is 0 Å². The molecule has 1 aromatic heterocycles. The van der Waals surface area contributed by atoms with Crippen LogP contribution in [-0.4, -0.2) is 23.7 Å². The number of pyridine rings is 1. The summed E-state index contributed by atoms with van der Waals surface area (Å²) in [4.78, 5) is 6.06. The van der Waals surface area contributed by atoms with Crippen LogP contribution in [0.5, 0.6) is 0 Å². The van der Waals surface area contributed by atoms with Gasteiger partial charge in [-0.25, -0.2) is 9.37 Å². The zero-order valence-electron chi connectivity index (χ0n) is 9.49. The molecule has 2 rings (SSSR count). The van der Waals surface area contributed by atoms with E-state index in [9.17, 15) is 4.39 Å². The Kier molecular flexibility index (Phi) is 3.39. The van der Waals surface area contributed by atoms with Crippen LogP contribution in [0.4, 0.5) is 10.2 Å². The first-order chi connectivity index (χ1) is 7.70. The minimum Gasteiger partial charge on any atom is -0.392 e. The molecule has 1 aliphatic rings. The van der Waals surface area contributed by atoms with Gasteiger partial charge in [-0.2, -0.15) is 0 Å². The van der Waals surface area contributed by atoms with E-state index in [-0.39, 0.29) is 6.61 Å². The highest BCUT2D eigenvalue weighted by Crippen LogP contribution is 2.28. The Morgan fingerprint density at radius 2 is 2.31 bits per heavy atom. The van der Waals surface area contributed by atoms with Crippen LogP contribution in [0.15, 0.2) is 12.3 Å². The van der Waals surface area contributed by atoms with E-state index in [2.05, 4.69) is 4.98 Å². The summed E-state index contributed by atoms with van der Waals surface area (Å²) in [6.45, 7) is 0.765. The van der Waals surface area contributed by atoms with Gasteiger partial charge < -0.3 is 10.0 Å². The van der Waals surface area contributed by atoms with Crippen LogP contribution in [-0.2, 0) is 6.61 Å². The highest BCUT2D eigenvalue weighted by molar-refractivity contribution is 5.45. The van der Waals surface area contributed by atoms with Crippen molar-refractivity contribution >= 4 is 5.82 Å². The first-order valence-corrected chi connectivity index (χ1v) is 5.67. The molecule has 0 saturated heterocycles. The molecule has 1 aliphatic carbocycles. The van der Waals surface area contributed by atoms with Crippen molar-refractivity contribution in [3.63, 3.8) is 0 Å². The van der Waals surface area contributed by atoms with E-state index in [1.54, 1.807) is 0 Å². The Hall–Kier alpha value is -1.16. The first kappa shape index (κ1) is 11.3. The topological polar surface area (TPSA) is 36.4 Å². The van der Waals surface area contributed by atoms with Crippen molar-refractivity contribution in [2.75, 3.05) is 18.5 Å². The largest absolute Gasteiger partial charge is 0.392 e. The van der Waals surface area contributed by atoms with Gasteiger partial charge in [0.1, 0.15) is 11.6 Å². The first-order valence-electron chi connectivity index (χ1n) is 5.67. The number of aliphatic hydroxyl groups is 1. The highest BCUT2D eigenvalue weighted by atomic mass is 19.1. The fraction of sp³-hybridized carbons (Fsp3) is 0.583. The lowest BCUT2D eigenvalue weighted by molar-refractivity contribution is 0.280. The lowest BCUT2D eigenvalue weighted by Gasteiger charge is -2.31. The summed E-state index contributed by atoms with van der Waals surface area (Å²) < 4.78 is 12.9. The summed E-state index contributed by atoms with van der Waals surface area (Å²) in [5, 5.41) is 9.16. The van der Waals surface area contributed by atoms with Gasteiger partial charge in [-0.3, -0.25) is 0 Å². The minimum absolute atomic E-state index is 0.172. The average molecular weight is 224 g/mol. The van der Waals surface area contributed by atoms with Gasteiger partial charge in [0.2, 0.25) is 0 Å². The molecular formula is C12H17FN2O. The number of nitrogens with zero attached hydrogens (tertiary/aromatic N) is 2. The summed E-state index contributed by atoms with van der Waals surface area (Å²) in [5.74, 6) is 1.02. The molecule has 0 unspecified atom stereocenters. The van der Waals surface area contributed by atoms with Gasteiger partial charge in [0.05, 0.1) is 12.8 Å². The molecule has 16 heavy (non-hydrogen) atoms. The van der Waals surface area contributed by atoms with Crippen LogP contribution in [0.3, 0.4) is 0 Å². The van der Waals surface area contributed by atoms with E-state index < -0.39 is 5.82 Å². The molecule has 0 aliphatic heterocycles. The molecular weight excluding hydrogens is 207 g/mol. The Morgan fingerprint density at radius 3 is 2.88 bits per heavy atom. The molecule has 0 spiro atoms. The molecule has 0 radical (unpaired) electrons. The van der Waals surface area contributed by atoms with Gasteiger partial charge in [-0.1, -0.05) is 6.42 Å². The van der Waals surface area contributed by atoms with Crippen molar-refractivity contribution in [2.45, 2.75) is 25.9 Å². The third kappa shape index (κ3) is 2.32. The van der Waals surface area contributed by atoms with Gasteiger partial charge in [0.25, 0.3) is 0 Å². The predicted molar refractivity (Wildman–Crippen MR) is 60.7 cm³/mol. The molecule has 0 bridgehead atoms. The van der Waals surface area contributed by atoms with Crippen molar-refractivity contribution in [1.82, 2.24) is 4.98 Å². The molecule has 1 saturated carbocycles. The number of hydrogen-bond acceptors (Lipinski definition) is 3. The summed E-state index contributed by atoms with van der Waals surface area (Å²) in [6.07, 6.45) is 5.04. The minimum atomic E-state index is -0.398. The predicted octanol–water partition coefficient (Wildman–Crippen LogP) is 1.95. The van der Waals surface area contributed by atoms with Crippen LogP contribution >= 0.6 is 0 Å². The Labute approximate surface area is 94.9 Å². The quantitative estimate of drug-likeness (QED) is 0.849. The maximum absolute atomic E-state index is 12.9. The number of aromatic nitrogens is 1. The molecule has 1 aromatic rings. The molecule has 88 valence electrons. The molecule has 4 heteroatoms. The number of anilines is 1. The van der Waals surface area contributed by atoms with E-state index in [0.717, 1.165) is 12.5 Å². The maximum atomic E-state index is 12.9. The standard InChI is InChI=1S/C12H17FN2O/c1-15(7-9-3-2-4-9)12-10(8-16)5-11(13)6-14-12/h5-6,9,16H,2-4,7-8H2,1H3. The van der Waals surface area contributed by atoms with Crippen molar-refractivity contribution in [3.8, 4) is 0 Å². The SMILES string of the molecule is CN(CC1CCC1)c1ncc(F)cc1CO. The zero-order chi connectivity index (χ0) is 11.5. The lowest BCUT2D eigenvalue weighted by atomic mass is 9.85. The van der Waals surface area contributed by atoms with Gasteiger partial charge >= 0.3 is 0 Å². The second-order valence-electron chi connectivity index (χ2n) is 4.47.